The molecule has 1 aliphatic carbocycles. The predicted octanol–water partition coefficient (Wildman–Crippen LogP) is 3.64. The topological polar surface area (TPSA) is 131 Å². The van der Waals surface area contributed by atoms with E-state index in [0.717, 1.165) is 25.7 Å². The van der Waals surface area contributed by atoms with Crippen LogP contribution in [0.2, 0.25) is 10.0 Å². The van der Waals surface area contributed by atoms with Gasteiger partial charge in [-0.05, 0) is 72.9 Å². The number of carbonyl (C=O) groups excluding carboxylic acids is 2. The molecule has 2 heterocycles. The number of carbonyl (C=O) groups is 2. The first-order valence-corrected chi connectivity index (χ1v) is 14.9. The van der Waals surface area contributed by atoms with Gasteiger partial charge >= 0.3 is 0 Å². The van der Waals surface area contributed by atoms with E-state index in [9.17, 15) is 24.9 Å². The molecular weight excluding hydrogens is 572 g/mol. The summed E-state index contributed by atoms with van der Waals surface area (Å²) < 4.78 is 15.1. The maximum Gasteiger partial charge on any atom is 0.237 e. The second-order valence-electron chi connectivity index (χ2n) is 11.7. The SMILES string of the molecule is O=C(NCC[C@H](O)CO)[C@@H]1N[C@H](CC2(CCO)CCCC2)[C@]2(C(=O)Nc3cc(Cl)c(F)cc32)[C@H]1c1cccc(Cl)c1. The number of aliphatic hydroxyl groups excluding tert-OH is 3. The largest absolute Gasteiger partial charge is 0.396 e. The zero-order valence-corrected chi connectivity index (χ0v) is 24.1. The number of benzene rings is 2. The lowest BCUT2D eigenvalue weighted by atomic mass is 9.61. The Balaban J connectivity index is 1.66. The van der Waals surface area contributed by atoms with Crippen molar-refractivity contribution in [3.05, 3.63) is 63.4 Å². The Morgan fingerprint density at radius 3 is 2.61 bits per heavy atom. The van der Waals surface area contributed by atoms with Crippen molar-refractivity contribution in [1.29, 1.82) is 0 Å². The molecule has 5 rings (SSSR count). The fourth-order valence-electron chi connectivity index (χ4n) is 7.44. The maximum absolute atomic E-state index is 15.1. The van der Waals surface area contributed by atoms with Gasteiger partial charge in [-0.2, -0.15) is 0 Å². The van der Waals surface area contributed by atoms with E-state index in [0.29, 0.717) is 34.7 Å². The minimum Gasteiger partial charge on any atom is -0.396 e. The van der Waals surface area contributed by atoms with Gasteiger partial charge in [0.05, 0.1) is 23.8 Å². The van der Waals surface area contributed by atoms with E-state index in [1.165, 1.54) is 12.1 Å². The van der Waals surface area contributed by atoms with Crippen LogP contribution < -0.4 is 16.0 Å². The van der Waals surface area contributed by atoms with E-state index < -0.39 is 41.9 Å². The summed E-state index contributed by atoms with van der Waals surface area (Å²) in [4.78, 5) is 28.1. The van der Waals surface area contributed by atoms with Crippen molar-refractivity contribution in [2.45, 2.75) is 74.5 Å². The highest BCUT2D eigenvalue weighted by atomic mass is 35.5. The maximum atomic E-state index is 15.1. The fraction of sp³-hybridized carbons (Fsp3) is 0.533. The Kier molecular flexibility index (Phi) is 8.95. The van der Waals surface area contributed by atoms with E-state index in [1.807, 2.05) is 6.07 Å². The minimum atomic E-state index is -1.39. The molecule has 2 amide bonds. The number of aliphatic hydroxyl groups is 3. The zero-order chi connectivity index (χ0) is 29.4. The number of fused-ring (bicyclic) bond motifs is 2. The monoisotopic (exact) mass is 607 g/mol. The van der Waals surface area contributed by atoms with Crippen LogP contribution in [0, 0.1) is 11.2 Å². The summed E-state index contributed by atoms with van der Waals surface area (Å²) in [7, 11) is 0. The first-order chi connectivity index (χ1) is 19.6. The fourth-order valence-corrected chi connectivity index (χ4v) is 7.80. The number of hydrogen-bond acceptors (Lipinski definition) is 6. The van der Waals surface area contributed by atoms with Crippen molar-refractivity contribution in [3.8, 4) is 0 Å². The van der Waals surface area contributed by atoms with Crippen molar-refractivity contribution >= 4 is 40.7 Å². The second-order valence-corrected chi connectivity index (χ2v) is 12.5. The summed E-state index contributed by atoms with van der Waals surface area (Å²) in [5.41, 5.74) is -0.166. The van der Waals surface area contributed by atoms with Gasteiger partial charge in [-0.3, -0.25) is 9.59 Å². The van der Waals surface area contributed by atoms with Crippen LogP contribution >= 0.6 is 23.2 Å². The third-order valence-corrected chi connectivity index (χ3v) is 9.83. The summed E-state index contributed by atoms with van der Waals surface area (Å²) in [6, 6.07) is 8.22. The van der Waals surface area contributed by atoms with Crippen LogP contribution in [0.5, 0.6) is 0 Å². The third kappa shape index (κ3) is 5.48. The Bertz CT molecular complexity index is 1310. The Morgan fingerprint density at radius 1 is 1.17 bits per heavy atom. The average molecular weight is 609 g/mol. The molecule has 11 heteroatoms. The molecule has 1 saturated carbocycles. The van der Waals surface area contributed by atoms with E-state index in [4.69, 9.17) is 23.2 Å². The number of anilines is 1. The Morgan fingerprint density at radius 2 is 1.93 bits per heavy atom. The van der Waals surface area contributed by atoms with Crippen molar-refractivity contribution in [1.82, 2.24) is 10.6 Å². The number of halogens is 3. The second kappa shape index (κ2) is 12.1. The van der Waals surface area contributed by atoms with Crippen LogP contribution in [0.3, 0.4) is 0 Å². The zero-order valence-electron chi connectivity index (χ0n) is 22.6. The van der Waals surface area contributed by atoms with Crippen molar-refractivity contribution < 1.29 is 29.3 Å². The molecule has 2 aliphatic heterocycles. The Labute approximate surface area is 248 Å². The molecule has 2 aromatic rings. The Hall–Kier alpha value is -2.27. The molecule has 0 bridgehead atoms. The summed E-state index contributed by atoms with van der Waals surface area (Å²) >= 11 is 12.6. The minimum absolute atomic E-state index is 0.00155. The highest BCUT2D eigenvalue weighted by Gasteiger charge is 2.66. The van der Waals surface area contributed by atoms with Crippen LogP contribution in [-0.4, -0.2) is 65.1 Å². The van der Waals surface area contributed by atoms with Gasteiger partial charge in [0.2, 0.25) is 11.8 Å². The quantitative estimate of drug-likeness (QED) is 0.244. The lowest BCUT2D eigenvalue weighted by molar-refractivity contribution is -0.124. The summed E-state index contributed by atoms with van der Waals surface area (Å²) in [5.74, 6) is -2.19. The van der Waals surface area contributed by atoms with Crippen molar-refractivity contribution in [2.24, 2.45) is 5.41 Å². The van der Waals surface area contributed by atoms with Crippen LogP contribution in [0.1, 0.15) is 62.0 Å². The van der Waals surface area contributed by atoms with Gasteiger partial charge in [0.1, 0.15) is 11.2 Å². The van der Waals surface area contributed by atoms with E-state index in [1.54, 1.807) is 18.2 Å². The number of nitrogens with one attached hydrogen (secondary N) is 3. The van der Waals surface area contributed by atoms with Gasteiger partial charge in [-0.25, -0.2) is 4.39 Å². The van der Waals surface area contributed by atoms with Crippen LogP contribution in [0.25, 0.3) is 0 Å². The molecule has 0 aromatic heterocycles. The smallest absolute Gasteiger partial charge is 0.237 e. The molecule has 2 aromatic carbocycles. The third-order valence-electron chi connectivity index (χ3n) is 9.31. The highest BCUT2D eigenvalue weighted by molar-refractivity contribution is 6.31. The molecule has 5 atom stereocenters. The van der Waals surface area contributed by atoms with Gasteiger partial charge < -0.3 is 31.3 Å². The number of hydrogen-bond donors (Lipinski definition) is 6. The molecule has 3 aliphatic rings. The van der Waals surface area contributed by atoms with Gasteiger partial charge in [0.15, 0.2) is 0 Å². The van der Waals surface area contributed by atoms with E-state index in [2.05, 4.69) is 16.0 Å². The molecule has 41 heavy (non-hydrogen) atoms. The van der Waals surface area contributed by atoms with E-state index in [-0.39, 0.29) is 41.8 Å². The lowest BCUT2D eigenvalue weighted by Gasteiger charge is -2.40. The lowest BCUT2D eigenvalue weighted by Crippen LogP contribution is -2.50. The molecule has 0 radical (unpaired) electrons. The summed E-state index contributed by atoms with van der Waals surface area (Å²) in [6.07, 6.45) is 3.99. The van der Waals surface area contributed by atoms with Gasteiger partial charge in [0, 0.05) is 35.8 Å². The normalized spacial score (nSPS) is 27.2. The number of rotatable bonds is 10. The van der Waals surface area contributed by atoms with Gasteiger partial charge in [-0.1, -0.05) is 48.2 Å². The predicted molar refractivity (Wildman–Crippen MR) is 155 cm³/mol. The van der Waals surface area contributed by atoms with Crippen LogP contribution in [0.15, 0.2) is 36.4 Å². The van der Waals surface area contributed by atoms with Crippen molar-refractivity contribution in [3.63, 3.8) is 0 Å². The number of amides is 2. The molecule has 1 saturated heterocycles. The highest BCUT2D eigenvalue weighted by Crippen LogP contribution is 2.58. The first-order valence-electron chi connectivity index (χ1n) is 14.1. The first kappa shape index (κ1) is 30.2. The summed E-state index contributed by atoms with van der Waals surface area (Å²) in [5, 5.41) is 38.5. The van der Waals surface area contributed by atoms with Crippen molar-refractivity contribution in [2.75, 3.05) is 25.1 Å². The molecule has 222 valence electrons. The molecule has 8 nitrogen and oxygen atoms in total. The summed E-state index contributed by atoms with van der Waals surface area (Å²) in [6.45, 7) is -0.312. The molecule has 6 N–H and O–H groups in total. The van der Waals surface area contributed by atoms with E-state index >= 15 is 4.39 Å². The van der Waals surface area contributed by atoms with Crippen LogP contribution in [-0.2, 0) is 15.0 Å². The standard InChI is InChI=1S/C30H36Cl2FN3O5/c31-18-5-3-4-17(12-18)25-26(27(40)34-10-6-19(39)16-38)36-24(15-29(9-11-37)7-1-2-8-29)30(25)20-13-22(33)21(32)14-23(20)35-28(30)41/h3-5,12-14,19,24-26,36-39H,1-2,6-11,15-16H2,(H,34,40)(H,35,41)/t19-,24+,25-,26+,30-/m0/s1. The molecule has 1 spiro atoms. The van der Waals surface area contributed by atoms with Gasteiger partial charge in [-0.15, -0.1) is 0 Å². The molecule has 2 fully saturated rings. The average Bonchev–Trinajstić information content (AvgIpc) is 3.61. The van der Waals surface area contributed by atoms with Gasteiger partial charge in [0.25, 0.3) is 0 Å². The molecular formula is C30H36Cl2FN3O5. The van der Waals surface area contributed by atoms with Crippen LogP contribution in [0.4, 0.5) is 10.1 Å². The molecule has 0 unspecified atom stereocenters.